The van der Waals surface area contributed by atoms with E-state index in [-0.39, 0.29) is 11.9 Å². The van der Waals surface area contributed by atoms with Crippen molar-refractivity contribution in [3.05, 3.63) is 12.2 Å². The summed E-state index contributed by atoms with van der Waals surface area (Å²) in [6.07, 6.45) is 2.59. The number of aryl methyl sites for hydroxylation is 1. The summed E-state index contributed by atoms with van der Waals surface area (Å²) in [5.41, 5.74) is 0. The molecule has 0 aliphatic carbocycles. The van der Waals surface area contributed by atoms with Crippen molar-refractivity contribution >= 4 is 5.91 Å². The first-order valence-corrected chi connectivity index (χ1v) is 6.15. The second-order valence-electron chi connectivity index (χ2n) is 4.19. The Kier molecular flexibility index (Phi) is 3.73. The molecule has 1 fully saturated rings. The molecule has 2 heterocycles. The zero-order valence-corrected chi connectivity index (χ0v) is 10.4. The summed E-state index contributed by atoms with van der Waals surface area (Å²) in [4.78, 5) is 13.9. The van der Waals surface area contributed by atoms with Crippen molar-refractivity contribution in [2.24, 2.45) is 0 Å². The molecule has 0 radical (unpaired) electrons. The molecule has 1 saturated heterocycles. The van der Waals surface area contributed by atoms with E-state index in [1.165, 1.54) is 0 Å². The number of aromatic nitrogens is 3. The normalized spacial score (nSPS) is 20.2. The minimum Gasteiger partial charge on any atom is -0.334 e. The van der Waals surface area contributed by atoms with Crippen LogP contribution in [0.1, 0.15) is 26.1 Å². The van der Waals surface area contributed by atoms with Crippen LogP contribution in [0.3, 0.4) is 0 Å². The molecule has 17 heavy (non-hydrogen) atoms. The van der Waals surface area contributed by atoms with Gasteiger partial charge in [0.2, 0.25) is 5.91 Å². The number of amides is 1. The van der Waals surface area contributed by atoms with Crippen LogP contribution in [0.4, 0.5) is 0 Å². The summed E-state index contributed by atoms with van der Waals surface area (Å²) >= 11 is 0. The molecule has 6 heteroatoms. The largest absolute Gasteiger partial charge is 0.334 e. The van der Waals surface area contributed by atoms with Gasteiger partial charge in [0.15, 0.2) is 5.82 Å². The van der Waals surface area contributed by atoms with E-state index in [1.807, 2.05) is 23.3 Å². The van der Waals surface area contributed by atoms with Crippen LogP contribution in [0.5, 0.6) is 0 Å². The second kappa shape index (κ2) is 5.27. The smallest absolute Gasteiger partial charge is 0.240 e. The number of nitrogens with zero attached hydrogens (tertiary/aromatic N) is 4. The summed E-state index contributed by atoms with van der Waals surface area (Å²) in [6.45, 7) is 7.09. The monoisotopic (exact) mass is 237 g/mol. The number of carbonyl (C=O) groups excluding carboxylic acids is 1. The molecule has 0 saturated carbocycles. The molecule has 0 bridgehead atoms. The molecule has 6 nitrogen and oxygen atoms in total. The highest BCUT2D eigenvalue weighted by atomic mass is 16.2. The maximum atomic E-state index is 12.0. The van der Waals surface area contributed by atoms with Gasteiger partial charge in [0.05, 0.1) is 12.6 Å². The Morgan fingerprint density at radius 2 is 2.35 bits per heavy atom. The summed E-state index contributed by atoms with van der Waals surface area (Å²) in [5.74, 6) is 1.04. The average molecular weight is 237 g/mol. The second-order valence-corrected chi connectivity index (χ2v) is 4.19. The van der Waals surface area contributed by atoms with E-state index >= 15 is 0 Å². The standard InChI is InChI=1S/C11H19N5O/c1-3-12-9-5-6-16(11(9)17)7-10-14-13-8-15(10)4-2/h8-9,12H,3-7H2,1-2H3. The maximum Gasteiger partial charge on any atom is 0.240 e. The topological polar surface area (TPSA) is 63.0 Å². The zero-order valence-electron chi connectivity index (χ0n) is 10.4. The van der Waals surface area contributed by atoms with E-state index < -0.39 is 0 Å². The molecular formula is C11H19N5O. The van der Waals surface area contributed by atoms with Crippen LogP contribution in [0, 0.1) is 0 Å². The van der Waals surface area contributed by atoms with E-state index in [9.17, 15) is 4.79 Å². The Morgan fingerprint density at radius 3 is 3.06 bits per heavy atom. The minimum atomic E-state index is -0.0157. The van der Waals surface area contributed by atoms with E-state index in [0.717, 1.165) is 31.9 Å². The highest BCUT2D eigenvalue weighted by Crippen LogP contribution is 2.14. The fraction of sp³-hybridized carbons (Fsp3) is 0.727. The van der Waals surface area contributed by atoms with E-state index in [4.69, 9.17) is 0 Å². The van der Waals surface area contributed by atoms with E-state index in [1.54, 1.807) is 6.33 Å². The van der Waals surface area contributed by atoms with Crippen molar-refractivity contribution in [1.82, 2.24) is 25.0 Å². The molecular weight excluding hydrogens is 218 g/mol. The third kappa shape index (κ3) is 2.46. The molecule has 1 aromatic heterocycles. The van der Waals surface area contributed by atoms with E-state index in [0.29, 0.717) is 6.54 Å². The van der Waals surface area contributed by atoms with Crippen LogP contribution >= 0.6 is 0 Å². The van der Waals surface area contributed by atoms with Crippen molar-refractivity contribution in [3.8, 4) is 0 Å². The van der Waals surface area contributed by atoms with Crippen LogP contribution in [-0.4, -0.2) is 44.7 Å². The van der Waals surface area contributed by atoms with Gasteiger partial charge in [-0.25, -0.2) is 0 Å². The van der Waals surface area contributed by atoms with Gasteiger partial charge in [-0.15, -0.1) is 10.2 Å². The SMILES string of the molecule is CCNC1CCN(Cc2nncn2CC)C1=O. The predicted molar refractivity (Wildman–Crippen MR) is 63.2 cm³/mol. The van der Waals surface area contributed by atoms with Crippen molar-refractivity contribution < 1.29 is 4.79 Å². The van der Waals surface area contributed by atoms with Crippen LogP contribution < -0.4 is 5.32 Å². The van der Waals surface area contributed by atoms with Crippen molar-refractivity contribution in [3.63, 3.8) is 0 Å². The fourth-order valence-corrected chi connectivity index (χ4v) is 2.17. The number of nitrogens with one attached hydrogen (secondary N) is 1. The molecule has 1 atom stereocenters. The van der Waals surface area contributed by atoms with Crippen molar-refractivity contribution in [2.75, 3.05) is 13.1 Å². The summed E-state index contributed by atoms with van der Waals surface area (Å²) in [7, 11) is 0. The molecule has 1 aliphatic rings. The lowest BCUT2D eigenvalue weighted by Crippen LogP contribution is -2.38. The first-order valence-electron chi connectivity index (χ1n) is 6.15. The predicted octanol–water partition coefficient (Wildman–Crippen LogP) is 0.00840. The van der Waals surface area contributed by atoms with Crippen molar-refractivity contribution in [2.45, 2.75) is 39.4 Å². The Bertz CT molecular complexity index is 389. The Hall–Kier alpha value is -1.43. The van der Waals surface area contributed by atoms with Crippen LogP contribution in [0.2, 0.25) is 0 Å². The van der Waals surface area contributed by atoms with Gasteiger partial charge in [0.1, 0.15) is 6.33 Å². The maximum absolute atomic E-state index is 12.0. The quantitative estimate of drug-likeness (QED) is 0.783. The van der Waals surface area contributed by atoms with Gasteiger partial charge in [-0.05, 0) is 19.9 Å². The van der Waals surface area contributed by atoms with Crippen LogP contribution in [-0.2, 0) is 17.9 Å². The summed E-state index contributed by atoms with van der Waals surface area (Å²) in [5, 5.41) is 11.1. The summed E-state index contributed by atoms with van der Waals surface area (Å²) in [6, 6.07) is -0.0157. The molecule has 2 rings (SSSR count). The number of hydrogen-bond donors (Lipinski definition) is 1. The molecule has 1 aliphatic heterocycles. The molecule has 1 unspecified atom stereocenters. The molecule has 94 valence electrons. The first-order chi connectivity index (χ1) is 8.26. The average Bonchev–Trinajstić information content (AvgIpc) is 2.91. The van der Waals surface area contributed by atoms with Gasteiger partial charge in [0, 0.05) is 13.1 Å². The Morgan fingerprint density at radius 1 is 1.53 bits per heavy atom. The van der Waals surface area contributed by atoms with Crippen LogP contribution in [0.15, 0.2) is 6.33 Å². The number of likely N-dealkylation sites (tertiary alicyclic amines) is 1. The van der Waals surface area contributed by atoms with Gasteiger partial charge in [-0.3, -0.25) is 4.79 Å². The molecule has 1 amide bonds. The molecule has 1 N–H and O–H groups in total. The lowest BCUT2D eigenvalue weighted by molar-refractivity contribution is -0.130. The molecule has 0 aromatic carbocycles. The van der Waals surface area contributed by atoms with Gasteiger partial charge in [-0.2, -0.15) is 0 Å². The Labute approximate surface area is 101 Å². The van der Waals surface area contributed by atoms with E-state index in [2.05, 4.69) is 15.5 Å². The first kappa shape index (κ1) is 12.0. The van der Waals surface area contributed by atoms with Gasteiger partial charge >= 0.3 is 0 Å². The fourth-order valence-electron chi connectivity index (χ4n) is 2.17. The number of likely N-dealkylation sites (N-methyl/N-ethyl adjacent to an activating group) is 1. The molecule has 0 spiro atoms. The van der Waals surface area contributed by atoms with Gasteiger partial charge < -0.3 is 14.8 Å². The third-order valence-electron chi connectivity index (χ3n) is 3.12. The Balaban J connectivity index is 1.99. The number of rotatable bonds is 5. The number of carbonyl (C=O) groups is 1. The van der Waals surface area contributed by atoms with Crippen molar-refractivity contribution in [1.29, 1.82) is 0 Å². The third-order valence-corrected chi connectivity index (χ3v) is 3.12. The highest BCUT2D eigenvalue weighted by Gasteiger charge is 2.31. The summed E-state index contributed by atoms with van der Waals surface area (Å²) < 4.78 is 1.97. The van der Waals surface area contributed by atoms with Gasteiger partial charge in [-0.1, -0.05) is 6.92 Å². The zero-order chi connectivity index (χ0) is 12.3. The lowest BCUT2D eigenvalue weighted by Gasteiger charge is -2.16. The molecule has 1 aromatic rings. The van der Waals surface area contributed by atoms with Crippen LogP contribution in [0.25, 0.3) is 0 Å². The highest BCUT2D eigenvalue weighted by molar-refractivity contribution is 5.83. The number of hydrogen-bond acceptors (Lipinski definition) is 4. The van der Waals surface area contributed by atoms with Gasteiger partial charge in [0.25, 0.3) is 0 Å². The lowest BCUT2D eigenvalue weighted by atomic mass is 10.2. The minimum absolute atomic E-state index is 0.0157.